The fourth-order valence-electron chi connectivity index (χ4n) is 1.12. The first-order valence-electron chi connectivity index (χ1n) is 3.30. The number of benzene rings is 1. The van der Waals surface area contributed by atoms with E-state index in [4.69, 9.17) is 5.73 Å². The van der Waals surface area contributed by atoms with Gasteiger partial charge in [0.05, 0.1) is 0 Å². The molecule has 2 rings (SSSR count). The van der Waals surface area contributed by atoms with Crippen molar-refractivity contribution in [1.82, 2.24) is 0 Å². The largest absolute Gasteiger partial charge is 0.398 e. The summed E-state index contributed by atoms with van der Waals surface area (Å²) in [6, 6.07) is 2.87. The predicted octanol–water partition coefficient (Wildman–Crippen LogP) is 3.23. The van der Waals surface area contributed by atoms with E-state index in [0.29, 0.717) is 5.69 Å². The van der Waals surface area contributed by atoms with Crippen molar-refractivity contribution in [1.29, 1.82) is 0 Å². The van der Waals surface area contributed by atoms with Crippen LogP contribution >= 0.6 is 33.9 Å². The van der Waals surface area contributed by atoms with E-state index < -0.39 is 0 Å². The minimum absolute atomic E-state index is 0.266. The zero-order chi connectivity index (χ0) is 8.72. The molecule has 12 heavy (non-hydrogen) atoms. The highest BCUT2D eigenvalue weighted by Gasteiger charge is 2.06. The molecule has 1 aromatic carbocycles. The van der Waals surface area contributed by atoms with Crippen LogP contribution in [0.1, 0.15) is 0 Å². The molecule has 0 aliphatic carbocycles. The van der Waals surface area contributed by atoms with E-state index >= 15 is 0 Å². The average molecular weight is 293 g/mol. The van der Waals surface area contributed by atoms with Gasteiger partial charge in [0.1, 0.15) is 5.82 Å². The Labute approximate surface area is 86.5 Å². The normalized spacial score (nSPS) is 10.8. The standard InChI is InChI=1S/C8H5FINS/c9-4-1-6(11)8-5(10)3-12-7(8)2-4/h1-3H,11H2. The Hall–Kier alpha value is -0.360. The SMILES string of the molecule is Nc1cc(F)cc2scc(I)c12. The van der Waals surface area contributed by atoms with Crippen LogP contribution in [0.2, 0.25) is 0 Å². The highest BCUT2D eigenvalue weighted by molar-refractivity contribution is 14.1. The number of hydrogen-bond acceptors (Lipinski definition) is 2. The Morgan fingerprint density at radius 2 is 2.17 bits per heavy atom. The molecule has 0 saturated heterocycles. The van der Waals surface area contributed by atoms with Crippen LogP contribution in [0.4, 0.5) is 10.1 Å². The maximum absolute atomic E-state index is 12.8. The molecule has 0 aliphatic heterocycles. The van der Waals surface area contributed by atoms with Gasteiger partial charge in [-0.25, -0.2) is 4.39 Å². The lowest BCUT2D eigenvalue weighted by atomic mass is 10.2. The Morgan fingerprint density at radius 3 is 2.92 bits per heavy atom. The van der Waals surface area contributed by atoms with Gasteiger partial charge < -0.3 is 5.73 Å². The van der Waals surface area contributed by atoms with Crippen molar-refractivity contribution >= 4 is 49.7 Å². The van der Waals surface area contributed by atoms with Crippen molar-refractivity contribution in [2.45, 2.75) is 0 Å². The lowest BCUT2D eigenvalue weighted by Crippen LogP contribution is -1.87. The van der Waals surface area contributed by atoms with Crippen LogP contribution in [0.5, 0.6) is 0 Å². The van der Waals surface area contributed by atoms with Crippen molar-refractivity contribution in [3.05, 3.63) is 26.9 Å². The van der Waals surface area contributed by atoms with Crippen molar-refractivity contribution < 1.29 is 4.39 Å². The molecule has 1 aromatic heterocycles. The Morgan fingerprint density at radius 1 is 1.42 bits per heavy atom. The molecule has 0 aliphatic rings. The molecule has 0 spiro atoms. The number of thiophene rings is 1. The van der Waals surface area contributed by atoms with Crippen LogP contribution in [0.15, 0.2) is 17.5 Å². The first-order valence-corrected chi connectivity index (χ1v) is 5.26. The number of nitrogen functional groups attached to an aromatic ring is 1. The topological polar surface area (TPSA) is 26.0 Å². The molecule has 0 saturated carbocycles. The first kappa shape index (κ1) is 8.25. The van der Waals surface area contributed by atoms with Gasteiger partial charge in [-0.2, -0.15) is 0 Å². The summed E-state index contributed by atoms with van der Waals surface area (Å²) in [4.78, 5) is 0. The summed E-state index contributed by atoms with van der Waals surface area (Å²) in [5.41, 5.74) is 6.19. The second-order valence-corrected chi connectivity index (χ2v) is 4.53. The number of nitrogens with two attached hydrogens (primary N) is 1. The molecule has 0 bridgehead atoms. The second-order valence-electron chi connectivity index (χ2n) is 2.45. The molecule has 2 N–H and O–H groups in total. The first-order chi connectivity index (χ1) is 5.68. The quantitative estimate of drug-likeness (QED) is 0.586. The van der Waals surface area contributed by atoms with Gasteiger partial charge in [0.25, 0.3) is 0 Å². The fraction of sp³-hybridized carbons (Fsp3) is 0. The zero-order valence-corrected chi connectivity index (χ0v) is 8.95. The maximum atomic E-state index is 12.8. The Kier molecular flexibility index (Phi) is 1.96. The highest BCUT2D eigenvalue weighted by Crippen LogP contribution is 2.32. The summed E-state index contributed by atoms with van der Waals surface area (Å²) in [7, 11) is 0. The van der Waals surface area contributed by atoms with E-state index in [-0.39, 0.29) is 5.82 Å². The van der Waals surface area contributed by atoms with E-state index in [2.05, 4.69) is 22.6 Å². The fourth-order valence-corrected chi connectivity index (χ4v) is 3.17. The van der Waals surface area contributed by atoms with Crippen LogP contribution in [-0.2, 0) is 0 Å². The monoisotopic (exact) mass is 293 g/mol. The van der Waals surface area contributed by atoms with Gasteiger partial charge in [-0.1, -0.05) is 0 Å². The van der Waals surface area contributed by atoms with E-state index in [1.54, 1.807) is 0 Å². The van der Waals surface area contributed by atoms with Gasteiger partial charge in [0.15, 0.2) is 0 Å². The Bertz CT molecular complexity index is 438. The summed E-state index contributed by atoms with van der Waals surface area (Å²) >= 11 is 3.71. The molecule has 4 heteroatoms. The lowest BCUT2D eigenvalue weighted by molar-refractivity contribution is 0.630. The molecule has 0 fully saturated rings. The molecule has 0 atom stereocenters. The molecule has 1 nitrogen and oxygen atoms in total. The van der Waals surface area contributed by atoms with Crippen molar-refractivity contribution in [2.75, 3.05) is 5.73 Å². The predicted molar refractivity (Wildman–Crippen MR) is 58.9 cm³/mol. The van der Waals surface area contributed by atoms with Gasteiger partial charge in [-0.05, 0) is 34.7 Å². The van der Waals surface area contributed by atoms with Gasteiger partial charge in [-0.3, -0.25) is 0 Å². The number of fused-ring (bicyclic) bond motifs is 1. The third-order valence-corrected chi connectivity index (χ3v) is 3.83. The van der Waals surface area contributed by atoms with Crippen LogP contribution in [0, 0.1) is 9.39 Å². The number of hydrogen-bond donors (Lipinski definition) is 1. The van der Waals surface area contributed by atoms with Crippen molar-refractivity contribution in [3.8, 4) is 0 Å². The van der Waals surface area contributed by atoms with Crippen LogP contribution in [0.25, 0.3) is 10.1 Å². The lowest BCUT2D eigenvalue weighted by Gasteiger charge is -1.96. The summed E-state index contributed by atoms with van der Waals surface area (Å²) in [6.45, 7) is 0. The third kappa shape index (κ3) is 1.19. The van der Waals surface area contributed by atoms with Gasteiger partial charge in [0, 0.05) is 24.7 Å². The minimum atomic E-state index is -0.266. The minimum Gasteiger partial charge on any atom is -0.398 e. The van der Waals surface area contributed by atoms with Crippen molar-refractivity contribution in [2.24, 2.45) is 0 Å². The molecular formula is C8H5FINS. The van der Waals surface area contributed by atoms with E-state index in [1.165, 1.54) is 23.5 Å². The van der Waals surface area contributed by atoms with E-state index in [0.717, 1.165) is 13.7 Å². The Balaban J connectivity index is 2.93. The summed E-state index contributed by atoms with van der Waals surface area (Å²) in [6.07, 6.45) is 0. The molecular weight excluding hydrogens is 288 g/mol. The summed E-state index contributed by atoms with van der Waals surface area (Å²) < 4.78 is 14.8. The zero-order valence-electron chi connectivity index (χ0n) is 5.97. The number of anilines is 1. The van der Waals surface area contributed by atoms with Crippen LogP contribution < -0.4 is 5.73 Å². The average Bonchev–Trinajstić information content (AvgIpc) is 2.31. The molecule has 1 heterocycles. The number of halogens is 2. The van der Waals surface area contributed by atoms with Crippen LogP contribution in [0.3, 0.4) is 0 Å². The van der Waals surface area contributed by atoms with E-state index in [9.17, 15) is 4.39 Å². The molecule has 0 unspecified atom stereocenters. The molecule has 2 aromatic rings. The molecule has 0 radical (unpaired) electrons. The molecule has 62 valence electrons. The van der Waals surface area contributed by atoms with Gasteiger partial charge in [-0.15, -0.1) is 11.3 Å². The smallest absolute Gasteiger partial charge is 0.126 e. The third-order valence-electron chi connectivity index (χ3n) is 1.63. The maximum Gasteiger partial charge on any atom is 0.126 e. The van der Waals surface area contributed by atoms with Gasteiger partial charge >= 0.3 is 0 Å². The molecule has 0 amide bonds. The second kappa shape index (κ2) is 2.85. The highest BCUT2D eigenvalue weighted by atomic mass is 127. The summed E-state index contributed by atoms with van der Waals surface area (Å²) in [5.74, 6) is -0.266. The van der Waals surface area contributed by atoms with Gasteiger partial charge in [0.2, 0.25) is 0 Å². The summed E-state index contributed by atoms with van der Waals surface area (Å²) in [5, 5.41) is 2.95. The van der Waals surface area contributed by atoms with Crippen molar-refractivity contribution in [3.63, 3.8) is 0 Å². The van der Waals surface area contributed by atoms with E-state index in [1.807, 2.05) is 5.38 Å². The number of rotatable bonds is 0. The van der Waals surface area contributed by atoms with Crippen LogP contribution in [-0.4, -0.2) is 0 Å².